The molecule has 0 aliphatic heterocycles. The Morgan fingerprint density at radius 3 is 1.14 bits per heavy atom. The molecule has 0 aromatic carbocycles. The minimum absolute atomic E-state index is 0. The number of methoxy groups -OCH3 is 1. The summed E-state index contributed by atoms with van der Waals surface area (Å²) in [5, 5.41) is 6.75. The van der Waals surface area contributed by atoms with Gasteiger partial charge in [0.05, 0.1) is 0 Å². The molecule has 0 aliphatic rings. The maximum absolute atomic E-state index is 8.83. The first-order valence-electron chi connectivity index (χ1n) is 1.84. The fraction of sp³-hybridized carbons (Fsp3) is 0.250. The normalized spacial score (nSPS) is 2.36. The maximum atomic E-state index is 8.83. The summed E-state index contributed by atoms with van der Waals surface area (Å²) in [6.45, 7) is 6.18. The Labute approximate surface area is 221 Å². The molecule has 0 bridgehead atoms. The van der Waals surface area contributed by atoms with Gasteiger partial charge in [-0.2, -0.15) is 6.92 Å². The standard InChI is InChI=1S/C2H3O2.C2H5.CH3O.3CH3.3K.H/c1-4-2-3;2*1-2;;;;;;;/h1H3;1H2,2H3;2H,1H2;3*1H3;;;;/q6*-1;3*+1;-1. The molecule has 3 nitrogen and oxygen atoms in total. The minimum atomic E-state index is 0. The third-order valence-corrected chi connectivity index (χ3v) is 0.0833. The summed E-state index contributed by atoms with van der Waals surface area (Å²) in [6.07, 6.45) is 0. The predicted octanol–water partition coefficient (Wildman–Crippen LogP) is -6.83. The van der Waals surface area contributed by atoms with Gasteiger partial charge in [0, 0.05) is 7.11 Å². The van der Waals surface area contributed by atoms with Crippen LogP contribution in [-0.2, 0) is 9.53 Å². The molecule has 6 heteroatoms. The molecule has 14 heavy (non-hydrogen) atoms. The van der Waals surface area contributed by atoms with Gasteiger partial charge in [-0.3, -0.25) is 0 Å². The zero-order chi connectivity index (χ0) is 7.41. The second-order valence-electron chi connectivity index (χ2n) is 0.287. The van der Waals surface area contributed by atoms with Gasteiger partial charge in [0.2, 0.25) is 0 Å². The van der Waals surface area contributed by atoms with Crippen molar-refractivity contribution in [1.82, 2.24) is 0 Å². The summed E-state index contributed by atoms with van der Waals surface area (Å²) in [5.41, 5.74) is 0. The van der Waals surface area contributed by atoms with Gasteiger partial charge in [-0.15, -0.1) is 0 Å². The van der Waals surface area contributed by atoms with Gasteiger partial charge < -0.3 is 45.3 Å². The van der Waals surface area contributed by atoms with Crippen LogP contribution >= 0.6 is 0 Å². The van der Waals surface area contributed by atoms with Crippen LogP contribution < -0.4 is 154 Å². The van der Waals surface area contributed by atoms with Gasteiger partial charge in [0.15, 0.2) is 0 Å². The van der Waals surface area contributed by atoms with E-state index in [1.807, 2.05) is 0 Å². The van der Waals surface area contributed by atoms with E-state index in [-0.39, 0.29) is 178 Å². The van der Waals surface area contributed by atoms with E-state index in [4.69, 9.17) is 9.90 Å². The topological polar surface area (TPSA) is 46.5 Å². The van der Waals surface area contributed by atoms with E-state index in [1.165, 1.54) is 13.6 Å². The zero-order valence-electron chi connectivity index (χ0n) is 12.2. The van der Waals surface area contributed by atoms with Crippen LogP contribution in [0.4, 0.5) is 0 Å². The van der Waals surface area contributed by atoms with Crippen molar-refractivity contribution in [3.8, 4) is 0 Å². The molecule has 0 aliphatic carbocycles. The van der Waals surface area contributed by atoms with Gasteiger partial charge in [0.25, 0.3) is 0 Å². The first-order chi connectivity index (χ1) is 3.91. The van der Waals surface area contributed by atoms with E-state index in [1.54, 1.807) is 6.92 Å². The molecule has 0 amide bonds. The van der Waals surface area contributed by atoms with Gasteiger partial charge in [-0.05, 0) is 0 Å². The van der Waals surface area contributed by atoms with E-state index in [0.29, 0.717) is 0 Å². The quantitative estimate of drug-likeness (QED) is 0.384. The first-order valence-corrected chi connectivity index (χ1v) is 1.84. The third-order valence-electron chi connectivity index (χ3n) is 0.0833. The van der Waals surface area contributed by atoms with Crippen LogP contribution in [-0.4, -0.2) is 18.7 Å². The van der Waals surface area contributed by atoms with Gasteiger partial charge >= 0.3 is 154 Å². The summed E-state index contributed by atoms with van der Waals surface area (Å²) in [4.78, 5) is 8.83. The number of ether oxygens (including phenoxy) is 1. The second kappa shape index (κ2) is 115. The zero-order valence-corrected chi connectivity index (χ0v) is 20.5. The molecule has 0 heterocycles. The third kappa shape index (κ3) is 135. The van der Waals surface area contributed by atoms with E-state index < -0.39 is 0 Å². The fourth-order valence-corrected chi connectivity index (χ4v) is 0. The van der Waals surface area contributed by atoms with Crippen LogP contribution in [0.5, 0.6) is 0 Å². The number of rotatable bonds is 1. The van der Waals surface area contributed by atoms with Crippen LogP contribution in [0.25, 0.3) is 0 Å². The number of aliphatic hydroxyl groups excluding tert-OH is 1. The van der Waals surface area contributed by atoms with Crippen LogP contribution in [0.15, 0.2) is 0 Å². The molecule has 0 aromatic rings. The summed E-state index contributed by atoms with van der Waals surface area (Å²) < 4.78 is 3.74. The minimum Gasteiger partial charge on any atom is -1.00 e. The maximum Gasteiger partial charge on any atom is 1.00 e. The largest absolute Gasteiger partial charge is 1.00 e. The van der Waals surface area contributed by atoms with Crippen molar-refractivity contribution < 1.29 is 170 Å². The van der Waals surface area contributed by atoms with Crippen molar-refractivity contribution >= 4 is 6.47 Å². The van der Waals surface area contributed by atoms with Crippen molar-refractivity contribution in [2.24, 2.45) is 0 Å². The molecule has 78 valence electrons. The molecule has 1 N–H and O–H groups in total. The monoisotopic (exact) mass is 282 g/mol. The molecule has 0 rings (SSSR count). The van der Waals surface area contributed by atoms with E-state index in [0.717, 1.165) is 0 Å². The molecule has 0 atom stereocenters. The molecule has 0 saturated heterocycles. The second-order valence-corrected chi connectivity index (χ2v) is 0.287. The van der Waals surface area contributed by atoms with Crippen molar-refractivity contribution in [3.63, 3.8) is 0 Å². The molecule has 0 radical (unpaired) electrons. The predicted molar refractivity (Wildman–Crippen MR) is 51.4 cm³/mol. The molecule has 0 saturated carbocycles. The van der Waals surface area contributed by atoms with Crippen LogP contribution in [0, 0.1) is 36.3 Å². The van der Waals surface area contributed by atoms with Crippen LogP contribution in [0.2, 0.25) is 0 Å². The van der Waals surface area contributed by atoms with E-state index >= 15 is 0 Å². The van der Waals surface area contributed by atoms with Crippen molar-refractivity contribution in [2.45, 2.75) is 6.92 Å². The van der Waals surface area contributed by atoms with Crippen molar-refractivity contribution in [1.29, 1.82) is 0 Å². The Morgan fingerprint density at radius 1 is 1.07 bits per heavy atom. The van der Waals surface area contributed by atoms with Gasteiger partial charge in [-0.1, -0.05) is 6.47 Å². The Hall–Kier alpha value is 4.34. The Kier molecular flexibility index (Phi) is 520. The van der Waals surface area contributed by atoms with E-state index in [9.17, 15) is 0 Å². The average molecular weight is 283 g/mol. The first kappa shape index (κ1) is 63.2. The molecule has 0 unspecified atom stereocenters. The smallest absolute Gasteiger partial charge is 1.00 e. The number of hydrogen-bond acceptors (Lipinski definition) is 3. The molecule has 0 fully saturated rings. The number of aliphatic hydroxyl groups is 1. The summed E-state index contributed by atoms with van der Waals surface area (Å²) >= 11 is 0. The Balaban J connectivity index is -0.00000000267. The van der Waals surface area contributed by atoms with Crippen molar-refractivity contribution in [3.05, 3.63) is 36.3 Å². The van der Waals surface area contributed by atoms with Crippen molar-refractivity contribution in [2.75, 3.05) is 7.11 Å². The average Bonchev–Trinajstić information content (AvgIpc) is 1.96. The van der Waals surface area contributed by atoms with Gasteiger partial charge in [0.1, 0.15) is 0 Å². The SMILES string of the molecule is CO[C-]=O.[CH2-]C.[CH2-]O.[CH3-].[CH3-].[CH3-].[H-].[K+].[K+].[K+]. The van der Waals surface area contributed by atoms with E-state index in [2.05, 4.69) is 18.8 Å². The molecular formula is C8H21K3O3-4. The molecular weight excluding hydrogens is 261 g/mol. The van der Waals surface area contributed by atoms with Crippen LogP contribution in [0.1, 0.15) is 8.35 Å². The van der Waals surface area contributed by atoms with Crippen LogP contribution in [0.3, 0.4) is 0 Å². The number of hydrogen-bond donors (Lipinski definition) is 1. The number of carbonyl (C=O) groups excluding carboxylic acids is 1. The summed E-state index contributed by atoms with van der Waals surface area (Å²) in [6, 6.07) is 0. The molecule has 0 aromatic heterocycles. The Morgan fingerprint density at radius 2 is 1.14 bits per heavy atom. The summed E-state index contributed by atoms with van der Waals surface area (Å²) in [7, 11) is 3.51. The van der Waals surface area contributed by atoms with Gasteiger partial charge in [-0.25, -0.2) is 7.11 Å². The molecule has 0 spiro atoms. The fourth-order valence-electron chi connectivity index (χ4n) is 0. The Bertz CT molecular complexity index is 39.1. The summed E-state index contributed by atoms with van der Waals surface area (Å²) in [5.74, 6) is 0.